The number of hydrogen-bond acceptors (Lipinski definition) is 7. The number of halogens is 1. The Morgan fingerprint density at radius 2 is 1.81 bits per heavy atom. The zero-order valence-corrected chi connectivity index (χ0v) is 24.9. The van der Waals surface area contributed by atoms with Crippen molar-refractivity contribution >= 4 is 53.1 Å². The zero-order chi connectivity index (χ0) is 29.6. The summed E-state index contributed by atoms with van der Waals surface area (Å²) in [4.78, 5) is 44.7. The molecule has 0 bridgehead atoms. The summed E-state index contributed by atoms with van der Waals surface area (Å²) in [6.07, 6.45) is 0.798. The van der Waals surface area contributed by atoms with Crippen LogP contribution < -0.4 is 21.4 Å². The van der Waals surface area contributed by atoms with Crippen LogP contribution in [0.4, 0.5) is 9.59 Å². The number of rotatable bonds is 7. The second kappa shape index (κ2) is 13.7. The zero-order valence-electron chi connectivity index (χ0n) is 23.4. The Bertz CT molecular complexity index is 1300. The number of carbonyl (C=O) groups is 3. The Balaban J connectivity index is 1.14. The van der Waals surface area contributed by atoms with Crippen LogP contribution in [0.1, 0.15) is 30.4 Å². The van der Waals surface area contributed by atoms with Crippen LogP contribution in [-0.2, 0) is 16.0 Å². The number of amidine groups is 1. The first-order valence-corrected chi connectivity index (χ1v) is 15.0. The number of ether oxygens (including phenoxy) is 1. The topological polar surface area (TPSA) is 130 Å². The van der Waals surface area contributed by atoms with E-state index in [0.717, 1.165) is 29.5 Å². The quantitative estimate of drug-likeness (QED) is 0.207. The summed E-state index contributed by atoms with van der Waals surface area (Å²) in [5.74, 6) is -0.205. The average molecular weight is 636 g/mol. The Labute approximate surface area is 255 Å². The third kappa shape index (κ3) is 7.50. The Morgan fingerprint density at radius 3 is 2.48 bits per heavy atom. The fourth-order valence-electron chi connectivity index (χ4n) is 5.45. The first kappa shape index (κ1) is 30.1. The van der Waals surface area contributed by atoms with Gasteiger partial charge in [-0.05, 0) is 37.4 Å². The molecule has 42 heavy (non-hydrogen) atoms. The number of urea groups is 1. The minimum Gasteiger partial charge on any atom is -0.436 e. The van der Waals surface area contributed by atoms with Gasteiger partial charge in [0.05, 0.1) is 13.3 Å². The van der Waals surface area contributed by atoms with E-state index < -0.39 is 18.2 Å². The van der Waals surface area contributed by atoms with E-state index in [9.17, 15) is 14.4 Å². The number of hydrogen-bond donors (Lipinski definition) is 4. The molecular formula is C29H35BBrN7O4. The van der Waals surface area contributed by atoms with Crippen LogP contribution in [0.5, 0.6) is 0 Å². The highest BCUT2D eigenvalue weighted by Crippen LogP contribution is 2.22. The van der Waals surface area contributed by atoms with Crippen molar-refractivity contribution in [3.8, 4) is 0 Å². The van der Waals surface area contributed by atoms with E-state index in [-0.39, 0.29) is 24.2 Å². The van der Waals surface area contributed by atoms with E-state index in [1.807, 2.05) is 18.2 Å². The van der Waals surface area contributed by atoms with Gasteiger partial charge in [0, 0.05) is 48.2 Å². The maximum absolute atomic E-state index is 13.5. The van der Waals surface area contributed by atoms with E-state index in [1.165, 1.54) is 0 Å². The molecule has 3 heterocycles. The van der Waals surface area contributed by atoms with Crippen molar-refractivity contribution in [2.45, 2.75) is 43.9 Å². The minimum absolute atomic E-state index is 0.0163. The number of piperidine rings is 1. The van der Waals surface area contributed by atoms with Crippen molar-refractivity contribution in [2.24, 2.45) is 0 Å². The second-order valence-corrected chi connectivity index (χ2v) is 11.8. The molecule has 2 aromatic carbocycles. The van der Waals surface area contributed by atoms with Crippen molar-refractivity contribution in [3.05, 3.63) is 64.1 Å². The number of benzene rings is 2. The Kier molecular flexibility index (Phi) is 9.81. The standard InChI is InChI=1S/C29H35BBrN7O4/c30-23-14-19(6-7-24(23)31)15-25(27(39)38-17-37(18-38)22-8-11-33-16-22)42-29(41)36-12-9-21(10-13-36)34-28(40)35-26(32)20-4-2-1-3-5-20/h1-7,14,21-22,25,33H,8-13,15-18H2,(H3,32,34,35,40). The smallest absolute Gasteiger partial charge is 0.410 e. The Hall–Kier alpha value is -3.42. The molecule has 3 fully saturated rings. The van der Waals surface area contributed by atoms with Crippen molar-refractivity contribution in [1.29, 1.82) is 5.41 Å². The summed E-state index contributed by atoms with van der Waals surface area (Å²) >= 11 is 3.40. The largest absolute Gasteiger partial charge is 0.436 e. The van der Waals surface area contributed by atoms with E-state index >= 15 is 0 Å². The third-order valence-corrected chi connectivity index (χ3v) is 8.68. The van der Waals surface area contributed by atoms with Gasteiger partial charge in [-0.3, -0.25) is 20.4 Å². The van der Waals surface area contributed by atoms with Gasteiger partial charge in [-0.1, -0.05) is 63.9 Å². The van der Waals surface area contributed by atoms with E-state index in [4.69, 9.17) is 18.0 Å². The SMILES string of the molecule is [B]c1cc(CC(OC(=O)N2CCC(NC(=O)NC(=N)c3ccccc3)CC2)C(=O)N2CN(C3CCNC3)C2)ccc1Br. The van der Waals surface area contributed by atoms with Gasteiger partial charge < -0.3 is 25.2 Å². The van der Waals surface area contributed by atoms with Crippen LogP contribution >= 0.6 is 15.9 Å². The highest BCUT2D eigenvalue weighted by Gasteiger charge is 2.39. The molecule has 0 aromatic heterocycles. The summed E-state index contributed by atoms with van der Waals surface area (Å²) in [6, 6.07) is 14.2. The number of nitrogens with zero attached hydrogens (tertiary/aromatic N) is 3. The van der Waals surface area contributed by atoms with Crippen LogP contribution in [0.3, 0.4) is 0 Å². The predicted octanol–water partition coefficient (Wildman–Crippen LogP) is 1.50. The molecule has 0 spiro atoms. The summed E-state index contributed by atoms with van der Waals surface area (Å²) in [5.41, 5.74) is 1.96. The molecule has 4 N–H and O–H groups in total. The number of nitrogens with one attached hydrogen (secondary N) is 4. The van der Waals surface area contributed by atoms with Crippen molar-refractivity contribution in [2.75, 3.05) is 39.5 Å². The molecule has 2 unspecified atom stereocenters. The van der Waals surface area contributed by atoms with E-state index in [1.54, 1.807) is 40.1 Å². The van der Waals surface area contributed by atoms with Crippen molar-refractivity contribution in [1.82, 2.24) is 30.7 Å². The van der Waals surface area contributed by atoms with Gasteiger partial charge in [0.2, 0.25) is 0 Å². The fourth-order valence-corrected chi connectivity index (χ4v) is 5.70. The van der Waals surface area contributed by atoms with Gasteiger partial charge in [0.25, 0.3) is 5.91 Å². The third-order valence-electron chi connectivity index (χ3n) is 7.96. The van der Waals surface area contributed by atoms with E-state index in [2.05, 4.69) is 36.8 Å². The lowest BCUT2D eigenvalue weighted by Gasteiger charge is -2.46. The summed E-state index contributed by atoms with van der Waals surface area (Å²) in [5, 5.41) is 16.9. The molecule has 3 saturated heterocycles. The first-order chi connectivity index (χ1) is 20.3. The van der Waals surface area contributed by atoms with Crippen LogP contribution in [0.15, 0.2) is 53.0 Å². The monoisotopic (exact) mass is 635 g/mol. The van der Waals surface area contributed by atoms with Crippen molar-refractivity contribution < 1.29 is 19.1 Å². The first-order valence-electron chi connectivity index (χ1n) is 14.2. The molecular weight excluding hydrogens is 601 g/mol. The minimum atomic E-state index is -0.979. The van der Waals surface area contributed by atoms with E-state index in [0.29, 0.717) is 56.3 Å². The van der Waals surface area contributed by atoms with Crippen molar-refractivity contribution in [3.63, 3.8) is 0 Å². The highest BCUT2D eigenvalue weighted by molar-refractivity contribution is 9.10. The summed E-state index contributed by atoms with van der Waals surface area (Å²) in [7, 11) is 6.06. The lowest BCUT2D eigenvalue weighted by Crippen LogP contribution is -2.63. The summed E-state index contributed by atoms with van der Waals surface area (Å²) in [6.45, 7) is 3.68. The van der Waals surface area contributed by atoms with Gasteiger partial charge >= 0.3 is 12.1 Å². The molecule has 2 aromatic rings. The molecule has 3 aliphatic heterocycles. The molecule has 13 heteroatoms. The van der Waals surface area contributed by atoms with Crippen LogP contribution in [0.25, 0.3) is 0 Å². The Morgan fingerprint density at radius 1 is 1.07 bits per heavy atom. The molecule has 0 saturated carbocycles. The maximum Gasteiger partial charge on any atom is 0.410 e. The lowest BCUT2D eigenvalue weighted by molar-refractivity contribution is -0.160. The molecule has 5 rings (SSSR count). The van der Waals surface area contributed by atoms with Gasteiger partial charge in [-0.15, -0.1) is 0 Å². The van der Waals surface area contributed by atoms with Crippen LogP contribution in [0, 0.1) is 5.41 Å². The lowest BCUT2D eigenvalue weighted by atomic mass is 9.93. The maximum atomic E-state index is 13.5. The molecule has 3 aliphatic rings. The molecule has 2 atom stereocenters. The number of likely N-dealkylation sites (tertiary alicyclic amines) is 1. The molecule has 220 valence electrons. The van der Waals surface area contributed by atoms with Gasteiger partial charge in [0.1, 0.15) is 13.7 Å². The van der Waals surface area contributed by atoms with Crippen LogP contribution in [-0.4, -0.2) is 104 Å². The normalized spacial score (nSPS) is 20.0. The van der Waals surface area contributed by atoms with Gasteiger partial charge in [-0.25, -0.2) is 9.59 Å². The number of carbonyl (C=O) groups excluding carboxylic acids is 3. The predicted molar refractivity (Wildman–Crippen MR) is 163 cm³/mol. The second-order valence-electron chi connectivity index (χ2n) is 10.9. The van der Waals surface area contributed by atoms with Gasteiger partial charge in [0.15, 0.2) is 6.10 Å². The molecule has 11 nitrogen and oxygen atoms in total. The molecule has 4 amide bonds. The fraction of sp³-hybridized carbons (Fsp3) is 0.448. The van der Waals surface area contributed by atoms with Crippen LogP contribution in [0.2, 0.25) is 0 Å². The molecule has 2 radical (unpaired) electrons. The van der Waals surface area contributed by atoms with Gasteiger partial charge in [-0.2, -0.15) is 0 Å². The molecule has 0 aliphatic carbocycles. The highest BCUT2D eigenvalue weighted by atomic mass is 79.9. The number of amides is 4. The average Bonchev–Trinajstić information content (AvgIpc) is 3.49. The summed E-state index contributed by atoms with van der Waals surface area (Å²) < 4.78 is 6.61.